The molecule has 0 fully saturated rings. The van der Waals surface area contributed by atoms with Crippen molar-refractivity contribution in [3.8, 4) is 24.7 Å². The van der Waals surface area contributed by atoms with E-state index in [4.69, 9.17) is 12.8 Å². The molecule has 14 heavy (non-hydrogen) atoms. The standard InChI is InChI=1S/C13H10O/c1-3-12(13(14)4-2)10-11-8-6-5-7-9-11/h1-2,5-10,13-14H/b12-10-. The zero-order valence-corrected chi connectivity index (χ0v) is 7.64. The molecule has 0 aliphatic rings. The normalized spacial score (nSPS) is 12.6. The molecule has 1 aromatic carbocycles. The van der Waals surface area contributed by atoms with E-state index in [-0.39, 0.29) is 0 Å². The summed E-state index contributed by atoms with van der Waals surface area (Å²) in [7, 11) is 0. The predicted octanol–water partition coefficient (Wildman–Crippen LogP) is 1.70. The highest BCUT2D eigenvalue weighted by molar-refractivity contribution is 5.60. The number of terminal acetylenes is 2. The smallest absolute Gasteiger partial charge is 0.147 e. The van der Waals surface area contributed by atoms with Crippen molar-refractivity contribution in [1.82, 2.24) is 0 Å². The summed E-state index contributed by atoms with van der Waals surface area (Å²) in [6.07, 6.45) is 11.0. The third-order valence-electron chi connectivity index (χ3n) is 1.74. The Kier molecular flexibility index (Phi) is 3.56. The van der Waals surface area contributed by atoms with Gasteiger partial charge in [0.15, 0.2) is 0 Å². The van der Waals surface area contributed by atoms with Gasteiger partial charge in [-0.2, -0.15) is 0 Å². The SMILES string of the molecule is C#C/C(=C/c1ccccc1)C(O)C#C. The van der Waals surface area contributed by atoms with Gasteiger partial charge in [-0.25, -0.2) is 0 Å². The number of hydrogen-bond donors (Lipinski definition) is 1. The second-order valence-electron chi connectivity index (χ2n) is 2.72. The number of aliphatic hydroxyl groups is 1. The van der Waals surface area contributed by atoms with E-state index in [9.17, 15) is 5.11 Å². The number of rotatable bonds is 2. The van der Waals surface area contributed by atoms with Gasteiger partial charge in [0.1, 0.15) is 6.10 Å². The summed E-state index contributed by atoms with van der Waals surface area (Å²) in [6.45, 7) is 0. The third kappa shape index (κ3) is 2.52. The van der Waals surface area contributed by atoms with Gasteiger partial charge in [-0.1, -0.05) is 42.2 Å². The zero-order chi connectivity index (χ0) is 10.4. The van der Waals surface area contributed by atoms with E-state index in [1.807, 2.05) is 30.3 Å². The van der Waals surface area contributed by atoms with Crippen LogP contribution < -0.4 is 0 Å². The Morgan fingerprint density at radius 1 is 1.29 bits per heavy atom. The lowest BCUT2D eigenvalue weighted by atomic mass is 10.1. The van der Waals surface area contributed by atoms with E-state index in [0.29, 0.717) is 5.57 Å². The summed E-state index contributed by atoms with van der Waals surface area (Å²) in [5, 5.41) is 9.33. The van der Waals surface area contributed by atoms with Crippen LogP contribution in [0.4, 0.5) is 0 Å². The maximum atomic E-state index is 9.33. The van der Waals surface area contributed by atoms with Gasteiger partial charge in [-0.15, -0.1) is 12.8 Å². The molecule has 0 saturated carbocycles. The van der Waals surface area contributed by atoms with E-state index in [1.54, 1.807) is 6.08 Å². The van der Waals surface area contributed by atoms with Crippen LogP contribution in [-0.2, 0) is 0 Å². The molecule has 1 N–H and O–H groups in total. The molecule has 0 heterocycles. The predicted molar refractivity (Wildman–Crippen MR) is 58.1 cm³/mol. The van der Waals surface area contributed by atoms with Crippen molar-refractivity contribution in [3.05, 3.63) is 41.5 Å². The summed E-state index contributed by atoms with van der Waals surface area (Å²) >= 11 is 0. The maximum absolute atomic E-state index is 9.33. The summed E-state index contributed by atoms with van der Waals surface area (Å²) in [6, 6.07) is 9.47. The quantitative estimate of drug-likeness (QED) is 0.690. The van der Waals surface area contributed by atoms with Crippen LogP contribution in [0.25, 0.3) is 6.08 Å². The Hall–Kier alpha value is -1.96. The molecule has 1 heteroatoms. The van der Waals surface area contributed by atoms with Crippen LogP contribution in [0.2, 0.25) is 0 Å². The monoisotopic (exact) mass is 182 g/mol. The zero-order valence-electron chi connectivity index (χ0n) is 7.64. The van der Waals surface area contributed by atoms with Crippen LogP contribution in [0, 0.1) is 24.7 Å². The van der Waals surface area contributed by atoms with E-state index < -0.39 is 6.10 Å². The molecule has 1 unspecified atom stereocenters. The summed E-state index contributed by atoms with van der Waals surface area (Å²) < 4.78 is 0. The molecule has 0 aliphatic carbocycles. The average molecular weight is 182 g/mol. The first-order valence-electron chi connectivity index (χ1n) is 4.15. The van der Waals surface area contributed by atoms with Crippen LogP contribution >= 0.6 is 0 Å². The lowest BCUT2D eigenvalue weighted by molar-refractivity contribution is 0.274. The molecular formula is C13H10O. The molecule has 0 aromatic heterocycles. The van der Waals surface area contributed by atoms with Crippen LogP contribution in [0.3, 0.4) is 0 Å². The van der Waals surface area contributed by atoms with E-state index in [2.05, 4.69) is 11.8 Å². The van der Waals surface area contributed by atoms with Crippen LogP contribution in [0.15, 0.2) is 35.9 Å². The average Bonchev–Trinajstić information content (AvgIpc) is 2.26. The Bertz CT molecular complexity index is 401. The van der Waals surface area contributed by atoms with Gasteiger partial charge in [-0.05, 0) is 11.6 Å². The van der Waals surface area contributed by atoms with Gasteiger partial charge in [0, 0.05) is 5.57 Å². The highest BCUT2D eigenvalue weighted by Gasteiger charge is 2.03. The Balaban J connectivity index is 2.99. The van der Waals surface area contributed by atoms with Crippen molar-refractivity contribution in [2.45, 2.75) is 6.10 Å². The second kappa shape index (κ2) is 4.92. The van der Waals surface area contributed by atoms with Crippen molar-refractivity contribution in [1.29, 1.82) is 0 Å². The molecule has 0 saturated heterocycles. The maximum Gasteiger partial charge on any atom is 0.147 e. The molecular weight excluding hydrogens is 172 g/mol. The fraction of sp³-hybridized carbons (Fsp3) is 0.0769. The molecule has 1 rings (SSSR count). The topological polar surface area (TPSA) is 20.2 Å². The lowest BCUT2D eigenvalue weighted by Crippen LogP contribution is -2.04. The number of benzene rings is 1. The van der Waals surface area contributed by atoms with Crippen molar-refractivity contribution >= 4 is 6.08 Å². The molecule has 0 radical (unpaired) electrons. The molecule has 0 spiro atoms. The van der Waals surface area contributed by atoms with Crippen molar-refractivity contribution < 1.29 is 5.11 Å². The summed E-state index contributed by atoms with van der Waals surface area (Å²) in [5.74, 6) is 4.55. The van der Waals surface area contributed by atoms with Crippen LogP contribution in [0.1, 0.15) is 5.56 Å². The second-order valence-corrected chi connectivity index (χ2v) is 2.72. The van der Waals surface area contributed by atoms with Gasteiger partial charge in [-0.3, -0.25) is 0 Å². The summed E-state index contributed by atoms with van der Waals surface area (Å²) in [5.41, 5.74) is 1.33. The van der Waals surface area contributed by atoms with Gasteiger partial charge >= 0.3 is 0 Å². The molecule has 1 nitrogen and oxygen atoms in total. The highest BCUT2D eigenvalue weighted by atomic mass is 16.3. The highest BCUT2D eigenvalue weighted by Crippen LogP contribution is 2.08. The van der Waals surface area contributed by atoms with Gasteiger partial charge in [0.05, 0.1) is 0 Å². The Morgan fingerprint density at radius 3 is 2.43 bits per heavy atom. The Labute approximate surface area is 84.1 Å². The molecule has 68 valence electrons. The summed E-state index contributed by atoms with van der Waals surface area (Å²) in [4.78, 5) is 0. The first-order chi connectivity index (χ1) is 6.77. The third-order valence-corrected chi connectivity index (χ3v) is 1.74. The largest absolute Gasteiger partial charge is 0.375 e. The molecule has 0 aliphatic heterocycles. The van der Waals surface area contributed by atoms with Crippen LogP contribution in [-0.4, -0.2) is 11.2 Å². The molecule has 0 amide bonds. The van der Waals surface area contributed by atoms with Gasteiger partial charge in [0.25, 0.3) is 0 Å². The molecule has 1 aromatic rings. The fourth-order valence-corrected chi connectivity index (χ4v) is 1.02. The van der Waals surface area contributed by atoms with Crippen LogP contribution in [0.5, 0.6) is 0 Å². The van der Waals surface area contributed by atoms with Gasteiger partial charge in [0.2, 0.25) is 0 Å². The first-order valence-corrected chi connectivity index (χ1v) is 4.15. The van der Waals surface area contributed by atoms with Crippen molar-refractivity contribution in [2.75, 3.05) is 0 Å². The Morgan fingerprint density at radius 2 is 1.93 bits per heavy atom. The number of hydrogen-bond acceptors (Lipinski definition) is 1. The first kappa shape index (κ1) is 10.1. The fourth-order valence-electron chi connectivity index (χ4n) is 1.02. The molecule has 0 bridgehead atoms. The lowest BCUT2D eigenvalue weighted by Gasteiger charge is -2.01. The van der Waals surface area contributed by atoms with E-state index >= 15 is 0 Å². The minimum Gasteiger partial charge on any atom is -0.375 e. The minimum atomic E-state index is -1.000. The molecule has 1 atom stereocenters. The van der Waals surface area contributed by atoms with Gasteiger partial charge < -0.3 is 5.11 Å². The van der Waals surface area contributed by atoms with E-state index in [1.165, 1.54) is 0 Å². The van der Waals surface area contributed by atoms with E-state index in [0.717, 1.165) is 5.56 Å². The van der Waals surface area contributed by atoms with Crippen molar-refractivity contribution in [3.63, 3.8) is 0 Å². The van der Waals surface area contributed by atoms with Crippen molar-refractivity contribution in [2.24, 2.45) is 0 Å². The minimum absolute atomic E-state index is 0.402. The number of aliphatic hydroxyl groups excluding tert-OH is 1.